The predicted octanol–water partition coefficient (Wildman–Crippen LogP) is 2.09. The van der Waals surface area contributed by atoms with Crippen LogP contribution in [0.2, 0.25) is 0 Å². The normalized spacial score (nSPS) is 15.0. The van der Waals surface area contributed by atoms with Gasteiger partial charge in [0.1, 0.15) is 5.82 Å². The second kappa shape index (κ2) is 9.29. The summed E-state index contributed by atoms with van der Waals surface area (Å²) in [4.78, 5) is 20.8. The smallest absolute Gasteiger partial charge is 0.221 e. The van der Waals surface area contributed by atoms with Crippen molar-refractivity contribution in [3.8, 4) is 0 Å². The predicted molar refractivity (Wildman–Crippen MR) is 101 cm³/mol. The maximum atomic E-state index is 13.0. The zero-order valence-corrected chi connectivity index (χ0v) is 14.9. The molecular formula is C20H25FN4O. The average molecular weight is 356 g/mol. The molecule has 1 amide bonds. The highest BCUT2D eigenvalue weighted by atomic mass is 19.1. The van der Waals surface area contributed by atoms with E-state index in [1.54, 1.807) is 6.20 Å². The Labute approximate surface area is 153 Å². The van der Waals surface area contributed by atoms with Gasteiger partial charge in [0.25, 0.3) is 0 Å². The summed E-state index contributed by atoms with van der Waals surface area (Å²) in [6.45, 7) is 5.01. The lowest BCUT2D eigenvalue weighted by Gasteiger charge is -2.36. The van der Waals surface area contributed by atoms with Crippen molar-refractivity contribution in [1.29, 1.82) is 0 Å². The van der Waals surface area contributed by atoms with E-state index in [9.17, 15) is 9.18 Å². The molecule has 0 atom stereocenters. The molecule has 0 spiro atoms. The van der Waals surface area contributed by atoms with E-state index in [1.807, 2.05) is 30.3 Å². The second-order valence-electron chi connectivity index (χ2n) is 6.48. The molecule has 1 fully saturated rings. The van der Waals surface area contributed by atoms with Crippen LogP contribution in [-0.4, -0.2) is 55.1 Å². The van der Waals surface area contributed by atoms with E-state index in [4.69, 9.17) is 0 Å². The van der Waals surface area contributed by atoms with Gasteiger partial charge in [-0.2, -0.15) is 0 Å². The number of hydrogen-bond donors (Lipinski definition) is 1. The summed E-state index contributed by atoms with van der Waals surface area (Å²) in [6, 6.07) is 12.4. The maximum Gasteiger partial charge on any atom is 0.221 e. The molecule has 1 aliphatic rings. The van der Waals surface area contributed by atoms with Crippen LogP contribution in [-0.2, 0) is 11.2 Å². The molecule has 2 aromatic rings. The monoisotopic (exact) mass is 356 g/mol. The van der Waals surface area contributed by atoms with Gasteiger partial charge in [0.15, 0.2) is 0 Å². The topological polar surface area (TPSA) is 48.5 Å². The molecule has 1 aromatic carbocycles. The molecule has 0 radical (unpaired) electrons. The SMILES string of the molecule is O=C(CCN1CCN(c2ccc(F)cc2)CC1)NCCc1ccccn1. The van der Waals surface area contributed by atoms with Crippen LogP contribution in [0.1, 0.15) is 12.1 Å². The minimum Gasteiger partial charge on any atom is -0.369 e. The van der Waals surface area contributed by atoms with Gasteiger partial charge in [-0.1, -0.05) is 6.07 Å². The van der Waals surface area contributed by atoms with Crippen molar-refractivity contribution in [2.45, 2.75) is 12.8 Å². The van der Waals surface area contributed by atoms with Gasteiger partial charge in [0.2, 0.25) is 5.91 Å². The summed E-state index contributed by atoms with van der Waals surface area (Å²) in [6.07, 6.45) is 3.03. The number of aromatic nitrogens is 1. The molecular weight excluding hydrogens is 331 g/mol. The number of amides is 1. The fourth-order valence-corrected chi connectivity index (χ4v) is 3.11. The molecule has 26 heavy (non-hydrogen) atoms. The fourth-order valence-electron chi connectivity index (χ4n) is 3.11. The van der Waals surface area contributed by atoms with Crippen LogP contribution in [0, 0.1) is 5.82 Å². The lowest BCUT2D eigenvalue weighted by Crippen LogP contribution is -2.47. The van der Waals surface area contributed by atoms with Gasteiger partial charge in [-0.3, -0.25) is 14.7 Å². The van der Waals surface area contributed by atoms with Gasteiger partial charge in [0.05, 0.1) is 0 Å². The molecule has 0 unspecified atom stereocenters. The van der Waals surface area contributed by atoms with Gasteiger partial charge in [0, 0.05) is 69.7 Å². The molecule has 138 valence electrons. The van der Waals surface area contributed by atoms with Gasteiger partial charge >= 0.3 is 0 Å². The molecule has 5 nitrogen and oxygen atoms in total. The van der Waals surface area contributed by atoms with Gasteiger partial charge in [-0.05, 0) is 36.4 Å². The van der Waals surface area contributed by atoms with E-state index in [0.717, 1.165) is 50.5 Å². The first-order valence-electron chi connectivity index (χ1n) is 9.10. The highest BCUT2D eigenvalue weighted by Gasteiger charge is 2.17. The molecule has 0 bridgehead atoms. The number of nitrogens with one attached hydrogen (secondary N) is 1. The number of anilines is 1. The first-order valence-corrected chi connectivity index (χ1v) is 9.10. The molecule has 0 aliphatic carbocycles. The van der Waals surface area contributed by atoms with E-state index in [1.165, 1.54) is 12.1 Å². The summed E-state index contributed by atoms with van der Waals surface area (Å²) in [5, 5.41) is 2.96. The molecule has 1 aliphatic heterocycles. The number of piperazine rings is 1. The fraction of sp³-hybridized carbons (Fsp3) is 0.400. The third-order valence-electron chi connectivity index (χ3n) is 4.65. The molecule has 1 aromatic heterocycles. The van der Waals surface area contributed by atoms with Crippen molar-refractivity contribution in [3.05, 3.63) is 60.2 Å². The van der Waals surface area contributed by atoms with Gasteiger partial charge in [-0.15, -0.1) is 0 Å². The Morgan fingerprint density at radius 1 is 1.08 bits per heavy atom. The van der Waals surface area contributed by atoms with E-state index >= 15 is 0 Å². The highest BCUT2D eigenvalue weighted by molar-refractivity contribution is 5.76. The number of benzene rings is 1. The molecule has 3 rings (SSSR count). The Kier molecular flexibility index (Phi) is 6.55. The number of hydrogen-bond acceptors (Lipinski definition) is 4. The largest absolute Gasteiger partial charge is 0.369 e. The van der Waals surface area contributed by atoms with Crippen LogP contribution in [0.25, 0.3) is 0 Å². The number of carbonyl (C=O) groups is 1. The molecule has 1 N–H and O–H groups in total. The Bertz CT molecular complexity index is 685. The van der Waals surface area contributed by atoms with Crippen LogP contribution in [0.3, 0.4) is 0 Å². The third kappa shape index (κ3) is 5.52. The zero-order valence-electron chi connectivity index (χ0n) is 14.9. The Balaban J connectivity index is 1.32. The lowest BCUT2D eigenvalue weighted by atomic mass is 10.2. The summed E-state index contributed by atoms with van der Waals surface area (Å²) in [5.74, 6) is -0.122. The van der Waals surface area contributed by atoms with Crippen molar-refractivity contribution in [3.63, 3.8) is 0 Å². The summed E-state index contributed by atoms with van der Waals surface area (Å²) in [7, 11) is 0. The Morgan fingerprint density at radius 3 is 2.54 bits per heavy atom. The number of carbonyl (C=O) groups excluding carboxylic acids is 1. The molecule has 6 heteroatoms. The van der Waals surface area contributed by atoms with Crippen LogP contribution < -0.4 is 10.2 Å². The first kappa shape index (κ1) is 18.3. The third-order valence-corrected chi connectivity index (χ3v) is 4.65. The van der Waals surface area contributed by atoms with E-state index in [2.05, 4.69) is 20.1 Å². The Morgan fingerprint density at radius 2 is 1.85 bits per heavy atom. The summed E-state index contributed by atoms with van der Waals surface area (Å²) in [5.41, 5.74) is 2.04. The van der Waals surface area contributed by atoms with Crippen LogP contribution in [0.5, 0.6) is 0 Å². The number of halogens is 1. The average Bonchev–Trinajstić information content (AvgIpc) is 2.68. The van der Waals surface area contributed by atoms with E-state index in [0.29, 0.717) is 13.0 Å². The van der Waals surface area contributed by atoms with E-state index in [-0.39, 0.29) is 11.7 Å². The number of rotatable bonds is 7. The first-order chi connectivity index (χ1) is 12.7. The highest BCUT2D eigenvalue weighted by Crippen LogP contribution is 2.16. The molecule has 2 heterocycles. The van der Waals surface area contributed by atoms with Crippen molar-refractivity contribution in [1.82, 2.24) is 15.2 Å². The van der Waals surface area contributed by atoms with Gasteiger partial charge in [-0.25, -0.2) is 4.39 Å². The van der Waals surface area contributed by atoms with Crippen LogP contribution in [0.15, 0.2) is 48.7 Å². The van der Waals surface area contributed by atoms with Crippen molar-refractivity contribution >= 4 is 11.6 Å². The minimum atomic E-state index is -0.207. The van der Waals surface area contributed by atoms with Crippen molar-refractivity contribution in [2.75, 3.05) is 44.2 Å². The van der Waals surface area contributed by atoms with Gasteiger partial charge < -0.3 is 10.2 Å². The van der Waals surface area contributed by atoms with E-state index < -0.39 is 0 Å². The number of nitrogens with zero attached hydrogens (tertiary/aromatic N) is 3. The zero-order chi connectivity index (χ0) is 18.2. The minimum absolute atomic E-state index is 0.0851. The summed E-state index contributed by atoms with van der Waals surface area (Å²) >= 11 is 0. The lowest BCUT2D eigenvalue weighted by molar-refractivity contribution is -0.121. The second-order valence-corrected chi connectivity index (χ2v) is 6.48. The maximum absolute atomic E-state index is 13.0. The van der Waals surface area contributed by atoms with Crippen molar-refractivity contribution in [2.24, 2.45) is 0 Å². The summed E-state index contributed by atoms with van der Waals surface area (Å²) < 4.78 is 13.0. The van der Waals surface area contributed by atoms with Crippen molar-refractivity contribution < 1.29 is 9.18 Å². The van der Waals surface area contributed by atoms with Crippen LogP contribution >= 0.6 is 0 Å². The molecule has 1 saturated heterocycles. The molecule has 0 saturated carbocycles. The van der Waals surface area contributed by atoms with Crippen LogP contribution in [0.4, 0.5) is 10.1 Å². The standard InChI is InChI=1S/C20H25FN4O/c21-17-4-6-19(7-5-17)25-15-13-24(14-16-25)12-9-20(26)23-11-8-18-3-1-2-10-22-18/h1-7,10H,8-9,11-16H2,(H,23,26). The quantitative estimate of drug-likeness (QED) is 0.825. The Hall–Kier alpha value is -2.47. The number of pyridine rings is 1.